The Balaban J connectivity index is 2.00. The summed E-state index contributed by atoms with van der Waals surface area (Å²) in [6, 6.07) is 13.7. The molecular weight excluding hydrogens is 450 g/mol. The lowest BCUT2D eigenvalue weighted by Crippen LogP contribution is -2.66. The third-order valence-electron chi connectivity index (χ3n) is 6.09. The minimum atomic E-state index is -2.05. The van der Waals surface area contributed by atoms with Crippen molar-refractivity contribution in [1.82, 2.24) is 10.6 Å². The molecule has 0 radical (unpaired) electrons. The van der Waals surface area contributed by atoms with Crippen LogP contribution in [0.25, 0.3) is 0 Å². The van der Waals surface area contributed by atoms with Gasteiger partial charge in [-0.3, -0.25) is 19.7 Å². The van der Waals surface area contributed by atoms with Gasteiger partial charge in [-0.2, -0.15) is 0 Å². The minimum Gasteiger partial charge on any atom is -0.464 e. The summed E-state index contributed by atoms with van der Waals surface area (Å²) in [5.74, 6) is -2.11. The van der Waals surface area contributed by atoms with Gasteiger partial charge < -0.3 is 15.4 Å². The SMILES string of the molecule is CCCOC(=O)C(Cc1ccc([N+](=O)[O-])cc1)(NC(=O)c1ccccc1)C(=O)NC1CCCCC1. The molecule has 2 aromatic rings. The topological polar surface area (TPSA) is 128 Å². The zero-order valence-corrected chi connectivity index (χ0v) is 19.8. The number of amides is 2. The van der Waals surface area contributed by atoms with Crippen LogP contribution in [0.5, 0.6) is 0 Å². The van der Waals surface area contributed by atoms with Crippen molar-refractivity contribution in [3.05, 3.63) is 75.8 Å². The first-order valence-electron chi connectivity index (χ1n) is 11.9. The van der Waals surface area contributed by atoms with Crippen LogP contribution >= 0.6 is 0 Å². The van der Waals surface area contributed by atoms with Gasteiger partial charge in [0.15, 0.2) is 0 Å². The first-order valence-corrected chi connectivity index (χ1v) is 11.9. The summed E-state index contributed by atoms with van der Waals surface area (Å²) in [5.41, 5.74) is -1.41. The number of esters is 1. The number of carbonyl (C=O) groups excluding carboxylic acids is 3. The molecule has 0 aromatic heterocycles. The average Bonchev–Trinajstić information content (AvgIpc) is 2.88. The number of nitro benzene ring substituents is 1. The highest BCUT2D eigenvalue weighted by atomic mass is 16.6. The molecule has 186 valence electrons. The number of benzene rings is 2. The van der Waals surface area contributed by atoms with E-state index in [1.807, 2.05) is 6.92 Å². The van der Waals surface area contributed by atoms with Crippen molar-refractivity contribution in [2.24, 2.45) is 0 Å². The molecule has 1 saturated carbocycles. The molecule has 0 spiro atoms. The molecule has 0 saturated heterocycles. The molecule has 1 atom stereocenters. The van der Waals surface area contributed by atoms with Crippen LogP contribution in [0.1, 0.15) is 61.4 Å². The van der Waals surface area contributed by atoms with Gasteiger partial charge in [-0.1, -0.05) is 56.5 Å². The predicted molar refractivity (Wildman–Crippen MR) is 130 cm³/mol. The van der Waals surface area contributed by atoms with Gasteiger partial charge in [-0.25, -0.2) is 4.79 Å². The molecule has 9 heteroatoms. The number of nitro groups is 1. The van der Waals surface area contributed by atoms with E-state index in [1.165, 1.54) is 24.3 Å². The second-order valence-electron chi connectivity index (χ2n) is 8.77. The van der Waals surface area contributed by atoms with Crippen molar-refractivity contribution in [3.63, 3.8) is 0 Å². The standard InChI is InChI=1S/C26H31N3O6/c1-2-17-35-25(32)26(24(31)27-21-11-7-4-8-12-21,28-23(30)20-9-5-3-6-10-20)18-19-13-15-22(16-14-19)29(33)34/h3,5-6,9-10,13-16,21H,2,4,7-8,11-12,17-18H2,1H3,(H,27,31)(H,28,30). The Morgan fingerprint density at radius 2 is 1.69 bits per heavy atom. The Morgan fingerprint density at radius 1 is 1.03 bits per heavy atom. The van der Waals surface area contributed by atoms with Gasteiger partial charge in [-0.05, 0) is 37.0 Å². The van der Waals surface area contributed by atoms with Crippen LogP contribution in [0.2, 0.25) is 0 Å². The molecule has 1 fully saturated rings. The summed E-state index contributed by atoms with van der Waals surface area (Å²) >= 11 is 0. The zero-order valence-electron chi connectivity index (χ0n) is 19.8. The smallest absolute Gasteiger partial charge is 0.342 e. The number of non-ortho nitro benzene ring substituents is 1. The van der Waals surface area contributed by atoms with E-state index in [9.17, 15) is 24.5 Å². The molecule has 2 aromatic carbocycles. The van der Waals surface area contributed by atoms with Gasteiger partial charge in [0.05, 0.1) is 11.5 Å². The monoisotopic (exact) mass is 481 g/mol. The molecule has 1 unspecified atom stereocenters. The van der Waals surface area contributed by atoms with Crippen molar-refractivity contribution in [3.8, 4) is 0 Å². The molecule has 2 amide bonds. The molecular formula is C26H31N3O6. The number of rotatable bonds is 10. The van der Waals surface area contributed by atoms with E-state index >= 15 is 0 Å². The number of nitrogens with zero attached hydrogens (tertiary/aromatic N) is 1. The highest BCUT2D eigenvalue weighted by molar-refractivity contribution is 6.12. The number of carbonyl (C=O) groups is 3. The fourth-order valence-corrected chi connectivity index (χ4v) is 4.17. The average molecular weight is 482 g/mol. The van der Waals surface area contributed by atoms with Crippen LogP contribution in [0, 0.1) is 10.1 Å². The van der Waals surface area contributed by atoms with Gasteiger partial charge in [0.1, 0.15) is 0 Å². The predicted octanol–water partition coefficient (Wildman–Crippen LogP) is 3.71. The molecule has 2 N–H and O–H groups in total. The maximum atomic E-state index is 13.7. The van der Waals surface area contributed by atoms with Crippen LogP contribution in [0.4, 0.5) is 5.69 Å². The summed E-state index contributed by atoms with van der Waals surface area (Å²) < 4.78 is 5.42. The molecule has 35 heavy (non-hydrogen) atoms. The number of ether oxygens (including phenoxy) is 1. The molecule has 0 aliphatic heterocycles. The Hall–Kier alpha value is -3.75. The van der Waals surface area contributed by atoms with Crippen LogP contribution in [-0.2, 0) is 20.7 Å². The van der Waals surface area contributed by atoms with E-state index in [0.717, 1.165) is 32.1 Å². The van der Waals surface area contributed by atoms with E-state index < -0.39 is 28.2 Å². The largest absolute Gasteiger partial charge is 0.464 e. The number of nitrogens with one attached hydrogen (secondary N) is 2. The van der Waals surface area contributed by atoms with Crippen LogP contribution in [0.15, 0.2) is 54.6 Å². The van der Waals surface area contributed by atoms with Gasteiger partial charge >= 0.3 is 5.97 Å². The zero-order chi connectivity index (χ0) is 25.3. The molecule has 9 nitrogen and oxygen atoms in total. The van der Waals surface area contributed by atoms with Gasteiger partial charge in [0, 0.05) is 30.2 Å². The third-order valence-corrected chi connectivity index (χ3v) is 6.09. The van der Waals surface area contributed by atoms with Crippen molar-refractivity contribution in [2.45, 2.75) is 63.5 Å². The van der Waals surface area contributed by atoms with Gasteiger partial charge in [-0.15, -0.1) is 0 Å². The molecule has 1 aliphatic rings. The maximum absolute atomic E-state index is 13.7. The quantitative estimate of drug-likeness (QED) is 0.230. The van der Waals surface area contributed by atoms with E-state index in [0.29, 0.717) is 12.0 Å². The van der Waals surface area contributed by atoms with Gasteiger partial charge in [0.25, 0.3) is 17.5 Å². The summed E-state index contributed by atoms with van der Waals surface area (Å²) in [7, 11) is 0. The first kappa shape index (κ1) is 25.9. The van der Waals surface area contributed by atoms with Crippen LogP contribution in [-0.4, -0.2) is 40.9 Å². The fraction of sp³-hybridized carbons (Fsp3) is 0.423. The Labute approximate surface area is 204 Å². The van der Waals surface area contributed by atoms with E-state index in [-0.39, 0.29) is 30.3 Å². The summed E-state index contributed by atoms with van der Waals surface area (Å²) in [5, 5.41) is 16.7. The van der Waals surface area contributed by atoms with E-state index in [1.54, 1.807) is 30.3 Å². The number of hydrogen-bond donors (Lipinski definition) is 2. The maximum Gasteiger partial charge on any atom is 0.342 e. The summed E-state index contributed by atoms with van der Waals surface area (Å²) in [4.78, 5) is 50.9. The lowest BCUT2D eigenvalue weighted by atomic mass is 9.87. The number of hydrogen-bond acceptors (Lipinski definition) is 6. The minimum absolute atomic E-state index is 0.0821. The van der Waals surface area contributed by atoms with Crippen molar-refractivity contribution in [1.29, 1.82) is 0 Å². The molecule has 3 rings (SSSR count). The Morgan fingerprint density at radius 3 is 2.29 bits per heavy atom. The van der Waals surface area contributed by atoms with Gasteiger partial charge in [0.2, 0.25) is 5.54 Å². The van der Waals surface area contributed by atoms with Crippen LogP contribution in [0.3, 0.4) is 0 Å². The molecule has 0 bridgehead atoms. The highest BCUT2D eigenvalue weighted by Gasteiger charge is 2.49. The normalized spacial score (nSPS) is 15.5. The first-order chi connectivity index (χ1) is 16.9. The molecule has 1 aliphatic carbocycles. The summed E-state index contributed by atoms with van der Waals surface area (Å²) in [6.07, 6.45) is 4.92. The third kappa shape index (κ3) is 6.65. The summed E-state index contributed by atoms with van der Waals surface area (Å²) in [6.45, 7) is 1.91. The Bertz CT molecular complexity index is 1030. The highest BCUT2D eigenvalue weighted by Crippen LogP contribution is 2.23. The van der Waals surface area contributed by atoms with Crippen molar-refractivity contribution >= 4 is 23.5 Å². The van der Waals surface area contributed by atoms with E-state index in [4.69, 9.17) is 4.74 Å². The molecule has 0 heterocycles. The second-order valence-corrected chi connectivity index (χ2v) is 8.77. The lowest BCUT2D eigenvalue weighted by Gasteiger charge is -2.34. The van der Waals surface area contributed by atoms with Crippen LogP contribution < -0.4 is 10.6 Å². The van der Waals surface area contributed by atoms with E-state index in [2.05, 4.69) is 10.6 Å². The van der Waals surface area contributed by atoms with Crippen molar-refractivity contribution < 1.29 is 24.0 Å². The lowest BCUT2D eigenvalue weighted by molar-refractivity contribution is -0.384. The fourth-order valence-electron chi connectivity index (χ4n) is 4.17. The Kier molecular flexibility index (Phi) is 8.94. The second kappa shape index (κ2) is 12.1. The van der Waals surface area contributed by atoms with Crippen molar-refractivity contribution in [2.75, 3.05) is 6.61 Å².